The average molecular weight is 283 g/mol. The summed E-state index contributed by atoms with van der Waals surface area (Å²) in [6.07, 6.45) is 0.841. The van der Waals surface area contributed by atoms with Crippen molar-refractivity contribution in [2.75, 3.05) is 6.61 Å². The van der Waals surface area contributed by atoms with Gasteiger partial charge in [-0.25, -0.2) is 0 Å². The maximum Gasteiger partial charge on any atom is 0.119 e. The first kappa shape index (κ1) is 15.6. The van der Waals surface area contributed by atoms with Crippen LogP contribution >= 0.6 is 0 Å². The molecular weight excluding hydrogens is 258 g/mol. The van der Waals surface area contributed by atoms with Crippen molar-refractivity contribution in [3.05, 3.63) is 65.2 Å². The smallest absolute Gasteiger partial charge is 0.119 e. The van der Waals surface area contributed by atoms with Gasteiger partial charge < -0.3 is 10.5 Å². The summed E-state index contributed by atoms with van der Waals surface area (Å²) in [6.45, 7) is 7.08. The fraction of sp³-hybridized carbons (Fsp3) is 0.368. The van der Waals surface area contributed by atoms with Crippen molar-refractivity contribution < 1.29 is 4.74 Å². The van der Waals surface area contributed by atoms with Crippen LogP contribution in [0.5, 0.6) is 5.75 Å². The van der Waals surface area contributed by atoms with Crippen LogP contribution in [0.25, 0.3) is 0 Å². The van der Waals surface area contributed by atoms with Gasteiger partial charge in [0.2, 0.25) is 0 Å². The quantitative estimate of drug-likeness (QED) is 0.850. The Balaban J connectivity index is 2.06. The second-order valence-corrected chi connectivity index (χ2v) is 5.71. The van der Waals surface area contributed by atoms with Crippen molar-refractivity contribution in [3.63, 3.8) is 0 Å². The van der Waals surface area contributed by atoms with E-state index in [2.05, 4.69) is 44.2 Å². The maximum absolute atomic E-state index is 6.33. The third-order valence-electron chi connectivity index (χ3n) is 3.70. The van der Waals surface area contributed by atoms with E-state index in [0.29, 0.717) is 12.5 Å². The fourth-order valence-corrected chi connectivity index (χ4v) is 2.41. The molecule has 0 aliphatic heterocycles. The summed E-state index contributed by atoms with van der Waals surface area (Å²) < 4.78 is 5.53. The van der Waals surface area contributed by atoms with Gasteiger partial charge in [0.15, 0.2) is 0 Å². The molecular formula is C19H25NO. The van der Waals surface area contributed by atoms with Crippen LogP contribution in [-0.2, 0) is 6.42 Å². The van der Waals surface area contributed by atoms with Crippen molar-refractivity contribution in [1.82, 2.24) is 0 Å². The molecule has 2 aromatic carbocycles. The Morgan fingerprint density at radius 2 is 1.71 bits per heavy atom. The molecule has 0 fully saturated rings. The molecule has 0 saturated carbocycles. The van der Waals surface area contributed by atoms with Crippen LogP contribution in [0.4, 0.5) is 0 Å². The first-order chi connectivity index (χ1) is 10.1. The summed E-state index contributed by atoms with van der Waals surface area (Å²) in [6, 6.07) is 16.8. The van der Waals surface area contributed by atoms with Crippen LogP contribution in [0.1, 0.15) is 49.4 Å². The molecule has 0 aliphatic rings. The largest absolute Gasteiger partial charge is 0.494 e. The molecule has 0 radical (unpaired) electrons. The lowest BCUT2D eigenvalue weighted by molar-refractivity contribution is 0.339. The number of nitrogens with two attached hydrogens (primary N) is 1. The number of benzene rings is 2. The normalized spacial score (nSPS) is 12.4. The van der Waals surface area contributed by atoms with E-state index in [-0.39, 0.29) is 6.04 Å². The number of hydrogen-bond donors (Lipinski definition) is 1. The van der Waals surface area contributed by atoms with Gasteiger partial charge in [0.1, 0.15) is 5.75 Å². The number of ether oxygens (including phenoxy) is 1. The first-order valence-corrected chi connectivity index (χ1v) is 7.67. The van der Waals surface area contributed by atoms with E-state index in [0.717, 1.165) is 17.7 Å². The zero-order chi connectivity index (χ0) is 15.2. The Morgan fingerprint density at radius 3 is 2.33 bits per heavy atom. The van der Waals surface area contributed by atoms with Crippen LogP contribution in [0.2, 0.25) is 0 Å². The van der Waals surface area contributed by atoms with Gasteiger partial charge >= 0.3 is 0 Å². The molecule has 0 bridgehead atoms. The van der Waals surface area contributed by atoms with Gasteiger partial charge in [-0.3, -0.25) is 0 Å². The van der Waals surface area contributed by atoms with Gasteiger partial charge in [0, 0.05) is 6.04 Å². The molecule has 0 heterocycles. The van der Waals surface area contributed by atoms with Crippen molar-refractivity contribution in [3.8, 4) is 5.75 Å². The summed E-state index contributed by atoms with van der Waals surface area (Å²) in [7, 11) is 0. The van der Waals surface area contributed by atoms with Gasteiger partial charge in [-0.1, -0.05) is 50.2 Å². The molecule has 0 aromatic heterocycles. The van der Waals surface area contributed by atoms with Crippen LogP contribution in [-0.4, -0.2) is 6.61 Å². The fourth-order valence-electron chi connectivity index (χ4n) is 2.41. The zero-order valence-corrected chi connectivity index (χ0v) is 13.2. The highest BCUT2D eigenvalue weighted by Crippen LogP contribution is 2.22. The van der Waals surface area contributed by atoms with Crippen molar-refractivity contribution >= 4 is 0 Å². The summed E-state index contributed by atoms with van der Waals surface area (Å²) >= 11 is 0. The topological polar surface area (TPSA) is 35.2 Å². The highest BCUT2D eigenvalue weighted by Gasteiger charge is 2.09. The monoisotopic (exact) mass is 283 g/mol. The molecule has 0 amide bonds. The molecule has 1 atom stereocenters. The summed E-state index contributed by atoms with van der Waals surface area (Å²) in [5.41, 5.74) is 10.1. The van der Waals surface area contributed by atoms with E-state index < -0.39 is 0 Å². The highest BCUT2D eigenvalue weighted by molar-refractivity contribution is 5.32. The molecule has 2 rings (SSSR count). The van der Waals surface area contributed by atoms with Crippen LogP contribution < -0.4 is 10.5 Å². The van der Waals surface area contributed by atoms with Gasteiger partial charge in [0.25, 0.3) is 0 Å². The Morgan fingerprint density at radius 1 is 1.00 bits per heavy atom. The summed E-state index contributed by atoms with van der Waals surface area (Å²) in [4.78, 5) is 0. The predicted molar refractivity (Wildman–Crippen MR) is 88.8 cm³/mol. The second-order valence-electron chi connectivity index (χ2n) is 5.71. The Hall–Kier alpha value is -1.80. The maximum atomic E-state index is 6.33. The molecule has 2 aromatic rings. The third kappa shape index (κ3) is 4.33. The molecule has 21 heavy (non-hydrogen) atoms. The van der Waals surface area contributed by atoms with E-state index in [4.69, 9.17) is 10.5 Å². The van der Waals surface area contributed by atoms with Gasteiger partial charge in [-0.05, 0) is 48.1 Å². The molecule has 0 saturated heterocycles. The lowest BCUT2D eigenvalue weighted by Crippen LogP contribution is -2.13. The molecule has 112 valence electrons. The van der Waals surface area contributed by atoms with E-state index in [1.807, 2.05) is 25.1 Å². The van der Waals surface area contributed by atoms with Crippen LogP contribution in [0.15, 0.2) is 48.5 Å². The standard InChI is InChI=1S/C19H25NO/c1-4-21-18-7-5-6-17(13-18)19(20)12-15-8-10-16(11-9-15)14(2)3/h5-11,13-14,19H,4,12,20H2,1-3H3. The lowest BCUT2D eigenvalue weighted by atomic mass is 9.96. The predicted octanol–water partition coefficient (Wildman–Crippen LogP) is 4.45. The van der Waals surface area contributed by atoms with E-state index in [1.54, 1.807) is 0 Å². The lowest BCUT2D eigenvalue weighted by Gasteiger charge is -2.14. The highest BCUT2D eigenvalue weighted by atomic mass is 16.5. The summed E-state index contributed by atoms with van der Waals surface area (Å²) in [5.74, 6) is 1.45. The SMILES string of the molecule is CCOc1cccc(C(N)Cc2ccc(C(C)C)cc2)c1. The zero-order valence-electron chi connectivity index (χ0n) is 13.2. The number of rotatable bonds is 6. The third-order valence-corrected chi connectivity index (χ3v) is 3.70. The van der Waals surface area contributed by atoms with Crippen molar-refractivity contribution in [2.45, 2.75) is 39.2 Å². The van der Waals surface area contributed by atoms with E-state index in [1.165, 1.54) is 11.1 Å². The molecule has 2 nitrogen and oxygen atoms in total. The first-order valence-electron chi connectivity index (χ1n) is 7.67. The van der Waals surface area contributed by atoms with Gasteiger partial charge in [0.05, 0.1) is 6.61 Å². The minimum atomic E-state index is -0.00435. The van der Waals surface area contributed by atoms with E-state index in [9.17, 15) is 0 Å². The Bertz CT molecular complexity index is 560. The van der Waals surface area contributed by atoms with Gasteiger partial charge in [-0.2, -0.15) is 0 Å². The average Bonchev–Trinajstić information content (AvgIpc) is 2.48. The number of hydrogen-bond acceptors (Lipinski definition) is 2. The minimum Gasteiger partial charge on any atom is -0.494 e. The van der Waals surface area contributed by atoms with Crippen molar-refractivity contribution in [2.24, 2.45) is 5.73 Å². The molecule has 1 unspecified atom stereocenters. The Labute approximate surface area is 127 Å². The molecule has 0 spiro atoms. The van der Waals surface area contributed by atoms with Crippen LogP contribution in [0, 0.1) is 0 Å². The Kier molecular flexibility index (Phi) is 5.40. The van der Waals surface area contributed by atoms with E-state index >= 15 is 0 Å². The molecule has 0 aliphatic carbocycles. The van der Waals surface area contributed by atoms with Crippen molar-refractivity contribution in [1.29, 1.82) is 0 Å². The second kappa shape index (κ2) is 7.28. The van der Waals surface area contributed by atoms with Crippen LogP contribution in [0.3, 0.4) is 0 Å². The summed E-state index contributed by atoms with van der Waals surface area (Å²) in [5, 5.41) is 0. The minimum absolute atomic E-state index is 0.00435. The van der Waals surface area contributed by atoms with Gasteiger partial charge in [-0.15, -0.1) is 0 Å². The molecule has 2 heteroatoms. The molecule has 2 N–H and O–H groups in total.